The van der Waals surface area contributed by atoms with E-state index < -0.39 is 40.3 Å². The highest BCUT2D eigenvalue weighted by Gasteiger charge is 2.27. The molecule has 13 heteroatoms. The van der Waals surface area contributed by atoms with E-state index in [1.54, 1.807) is 12.1 Å². The summed E-state index contributed by atoms with van der Waals surface area (Å²) in [5.74, 6) is -2.31. The second-order valence-corrected chi connectivity index (χ2v) is 10.9. The number of aliphatic carboxylic acids is 1. The van der Waals surface area contributed by atoms with Crippen LogP contribution in [0.2, 0.25) is 0 Å². The number of hydrogen-bond donors (Lipinski definition) is 5. The third-order valence-corrected chi connectivity index (χ3v) is 7.83. The maximum Gasteiger partial charge on any atom is 0.323 e. The lowest BCUT2D eigenvalue weighted by Gasteiger charge is -2.36. The van der Waals surface area contributed by atoms with Crippen LogP contribution in [-0.2, 0) is 14.8 Å². The van der Waals surface area contributed by atoms with Crippen LogP contribution >= 0.6 is 0 Å². The van der Waals surface area contributed by atoms with Crippen molar-refractivity contribution in [1.29, 1.82) is 0 Å². The number of rotatable bonds is 9. The van der Waals surface area contributed by atoms with Gasteiger partial charge < -0.3 is 26.0 Å². The monoisotopic (exact) mass is 546 g/mol. The molecule has 0 saturated carbocycles. The number of nitrogens with one attached hydrogen (secondary N) is 4. The van der Waals surface area contributed by atoms with Gasteiger partial charge in [0.2, 0.25) is 10.0 Å². The van der Waals surface area contributed by atoms with Crippen LogP contribution in [0.1, 0.15) is 29.6 Å². The SMILES string of the molecule is O=C(NC[C@@H](NS(=O)(=O)c1ccccc1)C(=O)O)c1ccc(N2CCCC(NC3=NCCCN3)C2)cc1F. The van der Waals surface area contributed by atoms with Crippen LogP contribution in [0.4, 0.5) is 10.1 Å². The number of sulfonamides is 1. The van der Waals surface area contributed by atoms with Crippen molar-refractivity contribution in [3.05, 3.63) is 59.9 Å². The minimum Gasteiger partial charge on any atom is -0.480 e. The zero-order valence-corrected chi connectivity index (χ0v) is 21.5. The molecule has 38 heavy (non-hydrogen) atoms. The van der Waals surface area contributed by atoms with E-state index in [0.29, 0.717) is 12.2 Å². The molecule has 0 aromatic heterocycles. The molecule has 11 nitrogen and oxygen atoms in total. The number of carboxylic acids is 1. The zero-order chi connectivity index (χ0) is 27.1. The molecule has 0 aliphatic carbocycles. The van der Waals surface area contributed by atoms with E-state index in [1.807, 2.05) is 4.90 Å². The number of nitrogens with zero attached hydrogens (tertiary/aromatic N) is 2. The summed E-state index contributed by atoms with van der Waals surface area (Å²) in [5, 5.41) is 18.4. The fraction of sp³-hybridized carbons (Fsp3) is 0.400. The second-order valence-electron chi connectivity index (χ2n) is 9.14. The molecule has 0 bridgehead atoms. The molecular formula is C25H31FN6O5S. The second kappa shape index (κ2) is 12.2. The van der Waals surface area contributed by atoms with Gasteiger partial charge in [-0.15, -0.1) is 0 Å². The van der Waals surface area contributed by atoms with Crippen LogP contribution in [0.3, 0.4) is 0 Å². The van der Waals surface area contributed by atoms with Crippen LogP contribution in [-0.4, -0.2) is 76.2 Å². The van der Waals surface area contributed by atoms with Gasteiger partial charge in [0.25, 0.3) is 5.91 Å². The van der Waals surface area contributed by atoms with Crippen molar-refractivity contribution in [2.45, 2.75) is 36.2 Å². The predicted molar refractivity (Wildman–Crippen MR) is 140 cm³/mol. The maximum absolute atomic E-state index is 14.9. The van der Waals surface area contributed by atoms with E-state index in [1.165, 1.54) is 36.4 Å². The van der Waals surface area contributed by atoms with Crippen molar-refractivity contribution in [3.63, 3.8) is 0 Å². The molecule has 2 heterocycles. The van der Waals surface area contributed by atoms with Gasteiger partial charge in [0, 0.05) is 44.5 Å². The van der Waals surface area contributed by atoms with Gasteiger partial charge in [-0.3, -0.25) is 14.6 Å². The fourth-order valence-electron chi connectivity index (χ4n) is 4.36. The van der Waals surface area contributed by atoms with Crippen molar-refractivity contribution in [1.82, 2.24) is 20.7 Å². The summed E-state index contributed by atoms with van der Waals surface area (Å²) in [6.45, 7) is 2.48. The van der Waals surface area contributed by atoms with Gasteiger partial charge in [0.05, 0.1) is 10.5 Å². The zero-order valence-electron chi connectivity index (χ0n) is 20.7. The number of benzene rings is 2. The first-order valence-electron chi connectivity index (χ1n) is 12.4. The Bertz CT molecular complexity index is 1290. The number of piperidine rings is 1. The lowest BCUT2D eigenvalue weighted by atomic mass is 10.0. The van der Waals surface area contributed by atoms with Gasteiger partial charge in [0.15, 0.2) is 5.96 Å². The highest BCUT2D eigenvalue weighted by atomic mass is 32.2. The lowest BCUT2D eigenvalue weighted by Crippen LogP contribution is -2.52. The molecule has 0 spiro atoms. The van der Waals surface area contributed by atoms with Gasteiger partial charge in [-0.1, -0.05) is 18.2 Å². The molecule has 2 aliphatic rings. The topological polar surface area (TPSA) is 152 Å². The highest BCUT2D eigenvalue weighted by Crippen LogP contribution is 2.23. The molecule has 204 valence electrons. The average Bonchev–Trinajstić information content (AvgIpc) is 2.92. The summed E-state index contributed by atoms with van der Waals surface area (Å²) in [4.78, 5) is 30.6. The first kappa shape index (κ1) is 27.3. The van der Waals surface area contributed by atoms with E-state index >= 15 is 0 Å². The summed E-state index contributed by atoms with van der Waals surface area (Å²) >= 11 is 0. The average molecular weight is 547 g/mol. The number of halogens is 1. The standard InChI is InChI=1S/C25H31FN6O5S/c26-21-14-18(32-13-4-6-17(16-32)30-25-27-11-5-12-28-25)9-10-20(21)23(33)29-15-22(24(34)35)31-38(36,37)19-7-2-1-3-8-19/h1-3,7-10,14,17,22,31H,4-6,11-13,15-16H2,(H,29,33)(H,34,35)(H2,27,28,30)/t17?,22-/m1/s1. The smallest absolute Gasteiger partial charge is 0.323 e. The van der Waals surface area contributed by atoms with Crippen LogP contribution in [0, 0.1) is 5.82 Å². The number of aliphatic imine (C=N–C) groups is 1. The minimum absolute atomic E-state index is 0.114. The van der Waals surface area contributed by atoms with Crippen LogP contribution < -0.4 is 25.6 Å². The quantitative estimate of drug-likeness (QED) is 0.311. The number of anilines is 1. The van der Waals surface area contributed by atoms with Gasteiger partial charge in [-0.2, -0.15) is 4.72 Å². The maximum atomic E-state index is 14.9. The molecule has 2 aliphatic heterocycles. The Hall–Kier alpha value is -3.71. The highest BCUT2D eigenvalue weighted by molar-refractivity contribution is 7.89. The number of amides is 1. The number of carbonyl (C=O) groups is 2. The molecule has 5 N–H and O–H groups in total. The van der Waals surface area contributed by atoms with E-state index in [4.69, 9.17) is 0 Å². The minimum atomic E-state index is -4.14. The Balaban J connectivity index is 1.36. The Morgan fingerprint density at radius 2 is 1.97 bits per heavy atom. The molecule has 2 aromatic rings. The van der Waals surface area contributed by atoms with E-state index in [-0.39, 0.29) is 16.5 Å². The number of guanidine groups is 1. The van der Waals surface area contributed by atoms with E-state index in [9.17, 15) is 27.5 Å². The normalized spacial score (nSPS) is 18.6. The molecule has 0 radical (unpaired) electrons. The van der Waals surface area contributed by atoms with Crippen molar-refractivity contribution >= 4 is 33.5 Å². The first-order valence-corrected chi connectivity index (χ1v) is 13.9. The van der Waals surface area contributed by atoms with Gasteiger partial charge in [-0.05, 0) is 49.6 Å². The van der Waals surface area contributed by atoms with Crippen molar-refractivity contribution in [2.24, 2.45) is 4.99 Å². The molecule has 2 atom stereocenters. The first-order chi connectivity index (χ1) is 18.2. The van der Waals surface area contributed by atoms with Crippen molar-refractivity contribution in [2.75, 3.05) is 37.6 Å². The lowest BCUT2D eigenvalue weighted by molar-refractivity contribution is -0.138. The number of hydrogen-bond acceptors (Lipinski definition) is 8. The molecule has 1 amide bonds. The summed E-state index contributed by atoms with van der Waals surface area (Å²) in [6, 6.07) is 10.0. The van der Waals surface area contributed by atoms with Crippen LogP contribution in [0.25, 0.3) is 0 Å². The summed E-state index contributed by atoms with van der Waals surface area (Å²) in [5.41, 5.74) is 0.361. The number of carboxylic acid groups (broad SMARTS) is 1. The van der Waals surface area contributed by atoms with Crippen molar-refractivity contribution < 1.29 is 27.5 Å². The fourth-order valence-corrected chi connectivity index (χ4v) is 5.57. The Labute approximate surface area is 220 Å². The van der Waals surface area contributed by atoms with Gasteiger partial charge in [-0.25, -0.2) is 12.8 Å². The molecule has 1 unspecified atom stereocenters. The predicted octanol–water partition coefficient (Wildman–Crippen LogP) is 0.895. The molecule has 1 saturated heterocycles. The molecular weight excluding hydrogens is 515 g/mol. The van der Waals surface area contributed by atoms with Gasteiger partial charge >= 0.3 is 5.97 Å². The van der Waals surface area contributed by atoms with E-state index in [2.05, 4.69) is 25.7 Å². The largest absolute Gasteiger partial charge is 0.480 e. The summed E-state index contributed by atoms with van der Waals surface area (Å²) in [7, 11) is -4.14. The van der Waals surface area contributed by atoms with Crippen LogP contribution in [0.5, 0.6) is 0 Å². The summed E-state index contributed by atoms with van der Waals surface area (Å²) in [6.07, 6.45) is 2.87. The summed E-state index contributed by atoms with van der Waals surface area (Å²) < 4.78 is 41.9. The third-order valence-electron chi connectivity index (χ3n) is 6.34. The molecule has 4 rings (SSSR count). The van der Waals surface area contributed by atoms with Crippen LogP contribution in [0.15, 0.2) is 58.4 Å². The Morgan fingerprint density at radius 1 is 1.18 bits per heavy atom. The molecule has 1 fully saturated rings. The van der Waals surface area contributed by atoms with Crippen molar-refractivity contribution in [3.8, 4) is 0 Å². The Kier molecular flexibility index (Phi) is 8.79. The van der Waals surface area contributed by atoms with Gasteiger partial charge in [0.1, 0.15) is 11.9 Å². The number of carbonyl (C=O) groups excluding carboxylic acids is 1. The molecule has 2 aromatic carbocycles. The van der Waals surface area contributed by atoms with E-state index in [0.717, 1.165) is 44.9 Å². The Morgan fingerprint density at radius 3 is 2.66 bits per heavy atom. The third kappa shape index (κ3) is 6.98.